The van der Waals surface area contributed by atoms with Crippen molar-refractivity contribution >= 4 is 10.9 Å². The molecule has 1 aliphatic heterocycles. The zero-order chi connectivity index (χ0) is 19.0. The molecule has 1 aromatic heterocycles. The highest BCUT2D eigenvalue weighted by Crippen LogP contribution is 2.36. The minimum atomic E-state index is -0.693. The molecule has 4 heteroatoms. The van der Waals surface area contributed by atoms with Crippen molar-refractivity contribution < 1.29 is 4.74 Å². The molecule has 0 spiro atoms. The second kappa shape index (κ2) is 6.59. The van der Waals surface area contributed by atoms with E-state index in [0.717, 1.165) is 34.2 Å². The number of benzene rings is 2. The average Bonchev–Trinajstić information content (AvgIpc) is 3.08. The Morgan fingerprint density at radius 2 is 2.07 bits per heavy atom. The Kier molecular flexibility index (Phi) is 4.24. The van der Waals surface area contributed by atoms with Crippen molar-refractivity contribution in [3.8, 4) is 11.8 Å². The average molecular weight is 358 g/mol. The predicted octanol–water partition coefficient (Wildman–Crippen LogP) is 4.27. The van der Waals surface area contributed by atoms with Crippen LogP contribution in [-0.4, -0.2) is 11.1 Å². The lowest BCUT2D eigenvalue weighted by Gasteiger charge is -2.25. The molecule has 2 aromatic carbocycles. The zero-order valence-electron chi connectivity index (χ0n) is 15.6. The van der Waals surface area contributed by atoms with Crippen LogP contribution >= 0.6 is 0 Å². The summed E-state index contributed by atoms with van der Waals surface area (Å²) in [5.74, 6) is 0.915. The van der Waals surface area contributed by atoms with Crippen LogP contribution in [0.25, 0.3) is 10.9 Å². The van der Waals surface area contributed by atoms with Crippen LogP contribution in [0.15, 0.2) is 53.3 Å². The number of aryl methyl sites for hydroxylation is 1. The van der Waals surface area contributed by atoms with Crippen LogP contribution in [0.4, 0.5) is 0 Å². The summed E-state index contributed by atoms with van der Waals surface area (Å²) in [6, 6.07) is 18.3. The number of H-pyrrole nitrogens is 1. The van der Waals surface area contributed by atoms with Gasteiger partial charge in [-0.15, -0.1) is 0 Å². The van der Waals surface area contributed by atoms with Crippen LogP contribution in [0.5, 0.6) is 5.75 Å². The summed E-state index contributed by atoms with van der Waals surface area (Å²) in [4.78, 5) is 15.1. The van der Waals surface area contributed by atoms with E-state index in [4.69, 9.17) is 4.74 Å². The van der Waals surface area contributed by atoms with Gasteiger partial charge in [0.2, 0.25) is 0 Å². The number of para-hydroxylation sites is 1. The number of aromatic nitrogens is 1. The summed E-state index contributed by atoms with van der Waals surface area (Å²) >= 11 is 0. The van der Waals surface area contributed by atoms with Gasteiger partial charge < -0.3 is 9.72 Å². The molecule has 0 fully saturated rings. The maximum Gasteiger partial charge on any atom is 0.251 e. The van der Waals surface area contributed by atoms with Crippen LogP contribution < -0.4 is 10.3 Å². The Morgan fingerprint density at radius 3 is 2.81 bits per heavy atom. The number of aromatic amines is 1. The second-order valence-corrected chi connectivity index (χ2v) is 7.48. The molecule has 1 aliphatic rings. The molecule has 27 heavy (non-hydrogen) atoms. The quantitative estimate of drug-likeness (QED) is 0.757. The lowest BCUT2D eigenvalue weighted by molar-refractivity contribution is 0.199. The molecule has 136 valence electrons. The highest BCUT2D eigenvalue weighted by molar-refractivity contribution is 5.80. The first-order chi connectivity index (χ1) is 13.0. The molecular formula is C23H22N2O2. The van der Waals surface area contributed by atoms with Crippen LogP contribution in [0.3, 0.4) is 0 Å². The van der Waals surface area contributed by atoms with Gasteiger partial charge in [-0.3, -0.25) is 4.79 Å². The minimum Gasteiger partial charge on any atom is -0.490 e. The van der Waals surface area contributed by atoms with Crippen molar-refractivity contribution in [1.82, 2.24) is 4.98 Å². The number of nitriles is 1. The number of ether oxygens (including phenoxy) is 1. The maximum atomic E-state index is 12.2. The van der Waals surface area contributed by atoms with Crippen molar-refractivity contribution in [1.29, 1.82) is 5.26 Å². The lowest BCUT2D eigenvalue weighted by atomic mass is 9.78. The van der Waals surface area contributed by atoms with E-state index in [0.29, 0.717) is 12.8 Å². The normalized spacial score (nSPS) is 17.7. The number of fused-ring (bicyclic) bond motifs is 2. The predicted molar refractivity (Wildman–Crippen MR) is 106 cm³/mol. The SMILES string of the molecule is CCc1cc2ccc([C@](C)(C#N)C[C@H]3Cc4ccccc4O3)cc2[nH]c1=O. The second-order valence-electron chi connectivity index (χ2n) is 7.48. The fourth-order valence-electron chi connectivity index (χ4n) is 3.90. The van der Waals surface area contributed by atoms with E-state index in [1.165, 1.54) is 5.56 Å². The van der Waals surface area contributed by atoms with Crippen molar-refractivity contribution in [2.45, 2.75) is 44.6 Å². The number of hydrogen-bond donors (Lipinski definition) is 1. The van der Waals surface area contributed by atoms with Gasteiger partial charge in [0.15, 0.2) is 0 Å². The Balaban J connectivity index is 1.65. The van der Waals surface area contributed by atoms with Crippen molar-refractivity contribution in [3.63, 3.8) is 0 Å². The number of nitrogens with one attached hydrogen (secondary N) is 1. The molecule has 4 rings (SSSR count). The Hall–Kier alpha value is -3.06. The smallest absolute Gasteiger partial charge is 0.251 e. The molecule has 0 aliphatic carbocycles. The van der Waals surface area contributed by atoms with Gasteiger partial charge in [0.25, 0.3) is 5.56 Å². The van der Waals surface area contributed by atoms with E-state index in [9.17, 15) is 10.1 Å². The van der Waals surface area contributed by atoms with Crippen LogP contribution in [0.1, 0.15) is 37.0 Å². The highest BCUT2D eigenvalue weighted by atomic mass is 16.5. The summed E-state index contributed by atoms with van der Waals surface area (Å²) in [7, 11) is 0. The van der Waals surface area contributed by atoms with Gasteiger partial charge in [0, 0.05) is 23.9 Å². The van der Waals surface area contributed by atoms with Gasteiger partial charge in [-0.05, 0) is 48.1 Å². The molecule has 3 aromatic rings. The third-order valence-corrected chi connectivity index (χ3v) is 5.54. The summed E-state index contributed by atoms with van der Waals surface area (Å²) in [5.41, 5.74) is 2.88. The molecule has 0 saturated carbocycles. The Labute approximate surface area is 158 Å². The van der Waals surface area contributed by atoms with Crippen LogP contribution in [0.2, 0.25) is 0 Å². The third kappa shape index (κ3) is 3.10. The molecule has 2 atom stereocenters. The largest absolute Gasteiger partial charge is 0.490 e. The molecule has 0 unspecified atom stereocenters. The zero-order valence-corrected chi connectivity index (χ0v) is 15.6. The van der Waals surface area contributed by atoms with Gasteiger partial charge in [-0.25, -0.2) is 0 Å². The van der Waals surface area contributed by atoms with Gasteiger partial charge >= 0.3 is 0 Å². The van der Waals surface area contributed by atoms with E-state index < -0.39 is 5.41 Å². The molecule has 1 N–H and O–H groups in total. The van der Waals surface area contributed by atoms with Gasteiger partial charge in [0.05, 0.1) is 11.5 Å². The molecular weight excluding hydrogens is 336 g/mol. The summed E-state index contributed by atoms with van der Waals surface area (Å²) < 4.78 is 6.05. The fourth-order valence-corrected chi connectivity index (χ4v) is 3.90. The lowest BCUT2D eigenvalue weighted by Crippen LogP contribution is -2.29. The number of hydrogen-bond acceptors (Lipinski definition) is 3. The van der Waals surface area contributed by atoms with Crippen LogP contribution in [0, 0.1) is 11.3 Å². The molecule has 0 radical (unpaired) electrons. The van der Waals surface area contributed by atoms with Crippen molar-refractivity contribution in [2.75, 3.05) is 0 Å². The Bertz CT molecular complexity index is 1080. The first-order valence-corrected chi connectivity index (χ1v) is 9.34. The van der Waals surface area contributed by atoms with Gasteiger partial charge in [-0.1, -0.05) is 37.3 Å². The monoisotopic (exact) mass is 358 g/mol. The van der Waals surface area contributed by atoms with E-state index in [1.807, 2.05) is 56.3 Å². The highest BCUT2D eigenvalue weighted by Gasteiger charge is 2.34. The standard InChI is InChI=1S/C23H22N2O2/c1-3-15-10-16-8-9-18(12-20(16)25-22(15)26)23(2,14-24)13-19-11-17-6-4-5-7-21(17)27-19/h4-10,12,19H,3,11,13H2,1-2H3,(H,25,26)/t19-,23+/m1/s1. The molecule has 0 bridgehead atoms. The summed E-state index contributed by atoms with van der Waals surface area (Å²) in [6.07, 6.45) is 2.09. The molecule has 2 heterocycles. The van der Waals surface area contributed by atoms with E-state index in [-0.39, 0.29) is 11.7 Å². The first-order valence-electron chi connectivity index (χ1n) is 9.34. The van der Waals surface area contributed by atoms with Crippen molar-refractivity contribution in [2.24, 2.45) is 0 Å². The van der Waals surface area contributed by atoms with E-state index in [2.05, 4.69) is 17.1 Å². The molecule has 0 amide bonds. The summed E-state index contributed by atoms with van der Waals surface area (Å²) in [5, 5.41) is 10.9. The Morgan fingerprint density at radius 1 is 1.26 bits per heavy atom. The molecule has 0 saturated heterocycles. The molecule has 4 nitrogen and oxygen atoms in total. The van der Waals surface area contributed by atoms with Crippen molar-refractivity contribution in [3.05, 3.63) is 75.6 Å². The maximum absolute atomic E-state index is 12.2. The van der Waals surface area contributed by atoms with Gasteiger partial charge in [-0.2, -0.15) is 5.26 Å². The number of nitrogens with zero attached hydrogens (tertiary/aromatic N) is 1. The summed E-state index contributed by atoms with van der Waals surface area (Å²) in [6.45, 7) is 3.91. The fraction of sp³-hybridized carbons (Fsp3) is 0.304. The van der Waals surface area contributed by atoms with Crippen LogP contribution in [-0.2, 0) is 18.3 Å². The topological polar surface area (TPSA) is 65.9 Å². The minimum absolute atomic E-state index is 0.0238. The van der Waals surface area contributed by atoms with Gasteiger partial charge in [0.1, 0.15) is 11.9 Å². The third-order valence-electron chi connectivity index (χ3n) is 5.54. The van der Waals surface area contributed by atoms with E-state index >= 15 is 0 Å². The number of rotatable bonds is 4. The first kappa shape index (κ1) is 17.4. The number of pyridine rings is 1. The van der Waals surface area contributed by atoms with E-state index in [1.54, 1.807) is 0 Å².